The van der Waals surface area contributed by atoms with Crippen LogP contribution >= 0.6 is 0 Å². The molecule has 1 saturated heterocycles. The van der Waals surface area contributed by atoms with E-state index in [0.29, 0.717) is 6.42 Å². The van der Waals surface area contributed by atoms with E-state index in [9.17, 15) is 4.79 Å². The molecule has 0 aromatic carbocycles. The zero-order valence-electron chi connectivity index (χ0n) is 9.20. The van der Waals surface area contributed by atoms with Crippen LogP contribution in [0.2, 0.25) is 0 Å². The number of rotatable bonds is 3. The van der Waals surface area contributed by atoms with Gasteiger partial charge in [0.1, 0.15) is 0 Å². The molecule has 1 rings (SSSR count). The van der Waals surface area contributed by atoms with E-state index in [4.69, 9.17) is 5.73 Å². The van der Waals surface area contributed by atoms with Gasteiger partial charge in [-0.3, -0.25) is 4.79 Å². The van der Waals surface area contributed by atoms with Gasteiger partial charge in [-0.15, -0.1) is 0 Å². The topological polar surface area (TPSA) is 49.6 Å². The summed E-state index contributed by atoms with van der Waals surface area (Å²) in [6.45, 7) is 8.83. The van der Waals surface area contributed by atoms with E-state index in [-0.39, 0.29) is 11.9 Å². The average molecular weight is 199 g/mol. The van der Waals surface area contributed by atoms with Crippen LogP contribution in [0.4, 0.5) is 0 Å². The van der Waals surface area contributed by atoms with E-state index in [1.807, 2.05) is 11.8 Å². The third-order valence-electron chi connectivity index (χ3n) is 2.67. The second kappa shape index (κ2) is 5.32. The highest BCUT2D eigenvalue weighted by molar-refractivity contribution is 5.76. The Balaban J connectivity index is 2.30. The molecule has 1 fully saturated rings. The van der Waals surface area contributed by atoms with Gasteiger partial charge in [0.2, 0.25) is 5.91 Å². The Morgan fingerprint density at radius 3 is 2.36 bits per heavy atom. The van der Waals surface area contributed by atoms with Gasteiger partial charge in [0, 0.05) is 38.6 Å². The molecular weight excluding hydrogens is 178 g/mol. The molecule has 1 heterocycles. The van der Waals surface area contributed by atoms with Crippen molar-refractivity contribution in [1.82, 2.24) is 9.80 Å². The highest BCUT2D eigenvalue weighted by Gasteiger charge is 2.20. The molecular formula is C10H21N3O. The van der Waals surface area contributed by atoms with E-state index in [0.717, 1.165) is 32.7 Å². The minimum atomic E-state index is -0.0216. The van der Waals surface area contributed by atoms with Crippen molar-refractivity contribution >= 4 is 5.91 Å². The quantitative estimate of drug-likeness (QED) is 0.690. The lowest BCUT2D eigenvalue weighted by atomic mass is 10.2. The van der Waals surface area contributed by atoms with Crippen LogP contribution in [0.5, 0.6) is 0 Å². The van der Waals surface area contributed by atoms with E-state index >= 15 is 0 Å². The van der Waals surface area contributed by atoms with E-state index < -0.39 is 0 Å². The van der Waals surface area contributed by atoms with Crippen molar-refractivity contribution in [3.05, 3.63) is 0 Å². The fourth-order valence-electron chi connectivity index (χ4n) is 1.72. The summed E-state index contributed by atoms with van der Waals surface area (Å²) in [5.41, 5.74) is 5.60. The number of piperazine rings is 1. The van der Waals surface area contributed by atoms with E-state index in [2.05, 4.69) is 11.8 Å². The van der Waals surface area contributed by atoms with Crippen molar-refractivity contribution in [2.24, 2.45) is 5.73 Å². The number of carbonyl (C=O) groups is 1. The maximum atomic E-state index is 11.6. The number of hydrogen-bond acceptors (Lipinski definition) is 3. The number of nitrogens with two attached hydrogens (primary N) is 1. The largest absolute Gasteiger partial charge is 0.340 e. The van der Waals surface area contributed by atoms with Crippen LogP contribution in [0.25, 0.3) is 0 Å². The Bertz CT molecular complexity index is 186. The van der Waals surface area contributed by atoms with Gasteiger partial charge in [0.25, 0.3) is 0 Å². The fraction of sp³-hybridized carbons (Fsp3) is 0.900. The van der Waals surface area contributed by atoms with Crippen molar-refractivity contribution in [3.8, 4) is 0 Å². The lowest BCUT2D eigenvalue weighted by molar-refractivity contribution is -0.133. The molecule has 1 unspecified atom stereocenters. The smallest absolute Gasteiger partial charge is 0.224 e. The maximum absolute atomic E-state index is 11.6. The highest BCUT2D eigenvalue weighted by Crippen LogP contribution is 2.04. The van der Waals surface area contributed by atoms with Gasteiger partial charge in [-0.05, 0) is 13.5 Å². The summed E-state index contributed by atoms with van der Waals surface area (Å²) in [4.78, 5) is 15.9. The normalized spacial score (nSPS) is 20.9. The van der Waals surface area contributed by atoms with Crippen LogP contribution in [-0.4, -0.2) is 54.5 Å². The molecule has 1 aliphatic heterocycles. The van der Waals surface area contributed by atoms with Crippen molar-refractivity contribution < 1.29 is 4.79 Å². The highest BCUT2D eigenvalue weighted by atomic mass is 16.2. The number of hydrogen-bond donors (Lipinski definition) is 1. The van der Waals surface area contributed by atoms with Crippen LogP contribution in [0.3, 0.4) is 0 Å². The molecule has 0 bridgehead atoms. The third-order valence-corrected chi connectivity index (χ3v) is 2.67. The summed E-state index contributed by atoms with van der Waals surface area (Å²) in [7, 11) is 0. The van der Waals surface area contributed by atoms with Gasteiger partial charge >= 0.3 is 0 Å². The molecule has 1 aliphatic rings. The lowest BCUT2D eigenvalue weighted by Gasteiger charge is -2.34. The number of amides is 1. The van der Waals surface area contributed by atoms with Crippen LogP contribution in [0, 0.1) is 0 Å². The van der Waals surface area contributed by atoms with Crippen molar-refractivity contribution in [1.29, 1.82) is 0 Å². The zero-order chi connectivity index (χ0) is 10.6. The van der Waals surface area contributed by atoms with Gasteiger partial charge in [-0.25, -0.2) is 0 Å². The molecule has 0 aromatic rings. The third kappa shape index (κ3) is 3.27. The Morgan fingerprint density at radius 2 is 1.93 bits per heavy atom. The average Bonchev–Trinajstić information content (AvgIpc) is 2.17. The number of carbonyl (C=O) groups excluding carboxylic acids is 1. The molecule has 0 saturated carbocycles. The Kier molecular flexibility index (Phi) is 4.35. The van der Waals surface area contributed by atoms with Gasteiger partial charge < -0.3 is 15.5 Å². The Hall–Kier alpha value is -0.610. The first kappa shape index (κ1) is 11.5. The predicted octanol–water partition coefficient (Wildman–Crippen LogP) is -0.112. The lowest BCUT2D eigenvalue weighted by Crippen LogP contribution is -2.49. The first-order valence-electron chi connectivity index (χ1n) is 5.39. The van der Waals surface area contributed by atoms with Gasteiger partial charge in [-0.1, -0.05) is 6.92 Å². The van der Waals surface area contributed by atoms with Gasteiger partial charge in [0.05, 0.1) is 0 Å². The summed E-state index contributed by atoms with van der Waals surface area (Å²) in [6, 6.07) is -0.0216. The van der Waals surface area contributed by atoms with Crippen LogP contribution in [0.1, 0.15) is 20.3 Å². The molecule has 14 heavy (non-hydrogen) atoms. The summed E-state index contributed by atoms with van der Waals surface area (Å²) in [5.74, 6) is 0.204. The minimum Gasteiger partial charge on any atom is -0.340 e. The molecule has 0 spiro atoms. The monoisotopic (exact) mass is 199 g/mol. The molecule has 0 aromatic heterocycles. The van der Waals surface area contributed by atoms with E-state index in [1.165, 1.54) is 0 Å². The second-order valence-corrected chi connectivity index (χ2v) is 4.00. The second-order valence-electron chi connectivity index (χ2n) is 4.00. The molecule has 4 nitrogen and oxygen atoms in total. The zero-order valence-corrected chi connectivity index (χ0v) is 9.20. The molecule has 2 N–H and O–H groups in total. The van der Waals surface area contributed by atoms with E-state index in [1.54, 1.807) is 0 Å². The van der Waals surface area contributed by atoms with Crippen molar-refractivity contribution in [2.75, 3.05) is 32.7 Å². The molecule has 1 atom stereocenters. The fourth-order valence-corrected chi connectivity index (χ4v) is 1.72. The van der Waals surface area contributed by atoms with Crippen LogP contribution < -0.4 is 5.73 Å². The molecule has 82 valence electrons. The SMILES string of the molecule is CCN1CCN(C(=O)CC(C)N)CC1. The summed E-state index contributed by atoms with van der Waals surface area (Å²) >= 11 is 0. The standard InChI is InChI=1S/C10H21N3O/c1-3-12-4-6-13(7-5-12)10(14)8-9(2)11/h9H,3-8,11H2,1-2H3. The predicted molar refractivity (Wildman–Crippen MR) is 57.0 cm³/mol. The van der Waals surface area contributed by atoms with Crippen molar-refractivity contribution in [2.45, 2.75) is 26.3 Å². The van der Waals surface area contributed by atoms with Crippen LogP contribution in [0.15, 0.2) is 0 Å². The minimum absolute atomic E-state index is 0.0216. The maximum Gasteiger partial charge on any atom is 0.224 e. The van der Waals surface area contributed by atoms with Gasteiger partial charge in [-0.2, -0.15) is 0 Å². The number of nitrogens with zero attached hydrogens (tertiary/aromatic N) is 2. The first-order valence-corrected chi connectivity index (χ1v) is 5.39. The summed E-state index contributed by atoms with van der Waals surface area (Å²) < 4.78 is 0. The Labute approximate surface area is 86.0 Å². The molecule has 0 aliphatic carbocycles. The summed E-state index contributed by atoms with van der Waals surface area (Å²) in [6.07, 6.45) is 0.478. The number of likely N-dealkylation sites (N-methyl/N-ethyl adjacent to an activating group) is 1. The molecule has 4 heteroatoms. The summed E-state index contributed by atoms with van der Waals surface area (Å²) in [5, 5.41) is 0. The van der Waals surface area contributed by atoms with Crippen molar-refractivity contribution in [3.63, 3.8) is 0 Å². The van der Waals surface area contributed by atoms with Gasteiger partial charge in [0.15, 0.2) is 0 Å². The van der Waals surface area contributed by atoms with Crippen LogP contribution in [-0.2, 0) is 4.79 Å². The first-order chi connectivity index (χ1) is 6.63. The molecule has 1 amide bonds. The molecule has 0 radical (unpaired) electrons. The Morgan fingerprint density at radius 1 is 1.36 bits per heavy atom.